The van der Waals surface area contributed by atoms with Gasteiger partial charge in [0.05, 0.1) is 5.69 Å². The minimum Gasteiger partial charge on any atom is -0.383 e. The number of hydrogen-bond donors (Lipinski definition) is 1. The molecule has 21 heavy (non-hydrogen) atoms. The molecule has 0 saturated carbocycles. The number of benzene rings is 1. The van der Waals surface area contributed by atoms with Crippen LogP contribution in [0.3, 0.4) is 0 Å². The highest BCUT2D eigenvalue weighted by molar-refractivity contribution is 5.68. The van der Waals surface area contributed by atoms with Gasteiger partial charge in [0.25, 0.3) is 0 Å². The monoisotopic (exact) mass is 295 g/mol. The predicted molar refractivity (Wildman–Crippen MR) is 75.2 cm³/mol. The number of aromatic nitrogens is 2. The van der Waals surface area contributed by atoms with Gasteiger partial charge in [-0.15, -0.1) is 0 Å². The summed E-state index contributed by atoms with van der Waals surface area (Å²) in [6.45, 7) is 7.24. The number of rotatable bonds is 1. The number of nitrogens with two attached hydrogens (primary N) is 1. The van der Waals surface area contributed by atoms with Crippen LogP contribution in [0.2, 0.25) is 0 Å². The molecule has 2 rings (SSSR count). The summed E-state index contributed by atoms with van der Waals surface area (Å²) < 4.78 is 40.4. The van der Waals surface area contributed by atoms with Crippen molar-refractivity contribution in [3.8, 4) is 11.3 Å². The smallest absolute Gasteiger partial charge is 0.161 e. The topological polar surface area (TPSA) is 51.8 Å². The van der Waals surface area contributed by atoms with Crippen molar-refractivity contribution in [3.63, 3.8) is 0 Å². The van der Waals surface area contributed by atoms with E-state index in [0.717, 1.165) is 6.07 Å². The third-order valence-corrected chi connectivity index (χ3v) is 3.12. The van der Waals surface area contributed by atoms with E-state index >= 15 is 0 Å². The first-order valence-electron chi connectivity index (χ1n) is 6.40. The molecular formula is C15H16F3N3. The van der Waals surface area contributed by atoms with E-state index in [2.05, 4.69) is 9.97 Å². The first-order chi connectivity index (χ1) is 9.61. The van der Waals surface area contributed by atoms with Crippen LogP contribution in [0.1, 0.15) is 32.2 Å². The van der Waals surface area contributed by atoms with Crippen LogP contribution >= 0.6 is 0 Å². The zero-order valence-electron chi connectivity index (χ0n) is 12.3. The Kier molecular flexibility index (Phi) is 3.65. The van der Waals surface area contributed by atoms with Gasteiger partial charge in [0.15, 0.2) is 11.6 Å². The van der Waals surface area contributed by atoms with E-state index in [9.17, 15) is 13.2 Å². The number of nitrogen functional groups attached to an aromatic ring is 1. The average Bonchev–Trinajstić information content (AvgIpc) is 2.36. The maximum absolute atomic E-state index is 13.9. The Balaban J connectivity index is 2.75. The van der Waals surface area contributed by atoms with Crippen LogP contribution in [0.25, 0.3) is 11.3 Å². The predicted octanol–water partition coefficient (Wildman–Crippen LogP) is 3.75. The van der Waals surface area contributed by atoms with Crippen molar-refractivity contribution < 1.29 is 13.2 Å². The quantitative estimate of drug-likeness (QED) is 0.815. The Morgan fingerprint density at radius 2 is 1.52 bits per heavy atom. The lowest BCUT2D eigenvalue weighted by atomic mass is 9.94. The lowest BCUT2D eigenvalue weighted by Crippen LogP contribution is -2.18. The molecule has 1 heterocycles. The van der Waals surface area contributed by atoms with E-state index in [1.54, 1.807) is 6.92 Å². The molecule has 0 saturated heterocycles. The normalized spacial score (nSPS) is 11.8. The summed E-state index contributed by atoms with van der Waals surface area (Å²) in [6, 6.07) is 1.28. The van der Waals surface area contributed by atoms with Crippen LogP contribution < -0.4 is 5.73 Å². The van der Waals surface area contributed by atoms with Crippen molar-refractivity contribution in [2.45, 2.75) is 33.1 Å². The van der Waals surface area contributed by atoms with Gasteiger partial charge >= 0.3 is 0 Å². The summed E-state index contributed by atoms with van der Waals surface area (Å²) in [5.41, 5.74) is 5.88. The Morgan fingerprint density at radius 3 is 2.10 bits per heavy atom. The van der Waals surface area contributed by atoms with Crippen molar-refractivity contribution in [1.82, 2.24) is 9.97 Å². The third-order valence-electron chi connectivity index (χ3n) is 3.12. The zero-order chi connectivity index (χ0) is 15.9. The van der Waals surface area contributed by atoms with Crippen LogP contribution in [0, 0.1) is 24.4 Å². The molecule has 0 unspecified atom stereocenters. The van der Waals surface area contributed by atoms with Gasteiger partial charge in [0.2, 0.25) is 0 Å². The Hall–Kier alpha value is -2.11. The average molecular weight is 295 g/mol. The summed E-state index contributed by atoms with van der Waals surface area (Å²) in [7, 11) is 0. The summed E-state index contributed by atoms with van der Waals surface area (Å²) in [5.74, 6) is -2.68. The van der Waals surface area contributed by atoms with E-state index in [1.807, 2.05) is 20.8 Å². The lowest BCUT2D eigenvalue weighted by molar-refractivity contribution is 0.495. The molecule has 2 N–H and O–H groups in total. The van der Waals surface area contributed by atoms with E-state index < -0.39 is 22.9 Å². The highest BCUT2D eigenvalue weighted by Crippen LogP contribution is 2.31. The van der Waals surface area contributed by atoms with Crippen molar-refractivity contribution >= 4 is 5.82 Å². The maximum Gasteiger partial charge on any atom is 0.161 e. The highest BCUT2D eigenvalue weighted by atomic mass is 19.2. The molecule has 2 aromatic rings. The van der Waals surface area contributed by atoms with Crippen molar-refractivity contribution in [1.29, 1.82) is 0 Å². The molecule has 112 valence electrons. The second-order valence-corrected chi connectivity index (χ2v) is 5.90. The molecule has 1 aromatic heterocycles. The van der Waals surface area contributed by atoms with Gasteiger partial charge in [-0.25, -0.2) is 23.1 Å². The van der Waals surface area contributed by atoms with Gasteiger partial charge in [0.1, 0.15) is 17.5 Å². The Bertz CT molecular complexity index is 706. The van der Waals surface area contributed by atoms with Crippen LogP contribution in [0.15, 0.2) is 12.1 Å². The maximum atomic E-state index is 13.9. The molecule has 1 aromatic carbocycles. The van der Waals surface area contributed by atoms with Gasteiger partial charge < -0.3 is 5.73 Å². The molecule has 6 heteroatoms. The molecule has 0 spiro atoms. The molecule has 0 amide bonds. The molecule has 3 nitrogen and oxygen atoms in total. The number of hydrogen-bond acceptors (Lipinski definition) is 3. The molecule has 0 atom stereocenters. The second-order valence-electron chi connectivity index (χ2n) is 5.90. The molecule has 0 aliphatic heterocycles. The fraction of sp³-hybridized carbons (Fsp3) is 0.333. The molecule has 0 aliphatic carbocycles. The van der Waals surface area contributed by atoms with Gasteiger partial charge in [-0.05, 0) is 13.0 Å². The van der Waals surface area contributed by atoms with Gasteiger partial charge in [-0.1, -0.05) is 20.8 Å². The summed E-state index contributed by atoms with van der Waals surface area (Å²) in [6.07, 6.45) is 0. The van der Waals surface area contributed by atoms with Crippen LogP contribution in [0.5, 0.6) is 0 Å². The Labute approximate surface area is 121 Å². The molecule has 0 fully saturated rings. The van der Waals surface area contributed by atoms with Crippen molar-refractivity contribution in [2.24, 2.45) is 0 Å². The summed E-state index contributed by atoms with van der Waals surface area (Å²) in [4.78, 5) is 8.46. The third kappa shape index (κ3) is 2.84. The fourth-order valence-corrected chi connectivity index (χ4v) is 1.84. The second kappa shape index (κ2) is 5.02. The number of nitrogens with zero attached hydrogens (tertiary/aromatic N) is 2. The van der Waals surface area contributed by atoms with E-state index in [1.165, 1.54) is 0 Å². The van der Waals surface area contributed by atoms with E-state index in [0.29, 0.717) is 17.5 Å². The first-order valence-corrected chi connectivity index (χ1v) is 6.40. The van der Waals surface area contributed by atoms with Crippen LogP contribution in [-0.4, -0.2) is 9.97 Å². The van der Waals surface area contributed by atoms with Crippen LogP contribution in [0.4, 0.5) is 19.0 Å². The first kappa shape index (κ1) is 15.3. The van der Waals surface area contributed by atoms with E-state index in [4.69, 9.17) is 5.73 Å². The Morgan fingerprint density at radius 1 is 0.952 bits per heavy atom. The minimum absolute atomic E-state index is 0.133. The van der Waals surface area contributed by atoms with Crippen LogP contribution in [-0.2, 0) is 5.41 Å². The SMILES string of the molecule is Cc1c(N)nc(C(C)(C)C)nc1-c1cc(F)c(F)cc1F. The standard InChI is InChI=1S/C15H16F3N3/c1-7-12(8-5-10(17)11(18)6-9(8)16)20-14(15(2,3)4)21-13(7)19/h5-6H,1-4H3,(H2,19,20,21). The fourth-order valence-electron chi connectivity index (χ4n) is 1.84. The van der Waals surface area contributed by atoms with Gasteiger partial charge in [-0.3, -0.25) is 0 Å². The van der Waals surface area contributed by atoms with Gasteiger partial charge in [0, 0.05) is 22.6 Å². The van der Waals surface area contributed by atoms with Crippen molar-refractivity contribution in [2.75, 3.05) is 5.73 Å². The highest BCUT2D eigenvalue weighted by Gasteiger charge is 2.23. The largest absolute Gasteiger partial charge is 0.383 e. The molecule has 0 aliphatic rings. The van der Waals surface area contributed by atoms with Gasteiger partial charge in [-0.2, -0.15) is 0 Å². The summed E-state index contributed by atoms with van der Waals surface area (Å²) in [5, 5.41) is 0. The minimum atomic E-state index is -1.24. The summed E-state index contributed by atoms with van der Waals surface area (Å²) >= 11 is 0. The van der Waals surface area contributed by atoms with E-state index in [-0.39, 0.29) is 17.1 Å². The number of halogens is 3. The molecule has 0 radical (unpaired) electrons. The lowest BCUT2D eigenvalue weighted by Gasteiger charge is -2.19. The molecular weight excluding hydrogens is 279 g/mol. The zero-order valence-corrected chi connectivity index (χ0v) is 12.3. The van der Waals surface area contributed by atoms with Crippen molar-refractivity contribution in [3.05, 3.63) is 41.0 Å². The number of anilines is 1. The molecule has 0 bridgehead atoms.